The molecular weight excluding hydrogens is 270 g/mol. The highest BCUT2D eigenvalue weighted by Crippen LogP contribution is 2.06. The number of esters is 1. The van der Waals surface area contributed by atoms with Crippen LogP contribution in [0.5, 0.6) is 0 Å². The fourth-order valence-electron chi connectivity index (χ4n) is 1.22. The summed E-state index contributed by atoms with van der Waals surface area (Å²) < 4.78 is 4.47. The van der Waals surface area contributed by atoms with E-state index in [4.69, 9.17) is 0 Å². The summed E-state index contributed by atoms with van der Waals surface area (Å²) in [5, 5.41) is 1.76. The number of nitrogens with zero attached hydrogens (tertiary/aromatic N) is 1. The Kier molecular flexibility index (Phi) is 5.97. The van der Waals surface area contributed by atoms with Crippen molar-refractivity contribution >= 4 is 29.1 Å². The molecule has 1 rings (SSSR count). The number of hydrazine groups is 1. The lowest BCUT2D eigenvalue weighted by Crippen LogP contribution is -2.46. The fourth-order valence-corrected chi connectivity index (χ4v) is 1.84. The maximum absolute atomic E-state index is 11.5. The Hall–Kier alpha value is -1.93. The maximum Gasteiger partial charge on any atom is 0.319 e. The van der Waals surface area contributed by atoms with E-state index in [9.17, 15) is 14.4 Å². The third kappa shape index (κ3) is 5.49. The molecule has 0 atom stereocenters. The maximum atomic E-state index is 11.5. The molecule has 0 saturated carbocycles. The predicted molar refractivity (Wildman–Crippen MR) is 69.4 cm³/mol. The van der Waals surface area contributed by atoms with E-state index in [1.165, 1.54) is 23.3 Å². The average Bonchev–Trinajstić information content (AvgIpc) is 2.89. The monoisotopic (exact) mass is 285 g/mol. The number of carbonyl (C=O) groups is 3. The van der Waals surface area contributed by atoms with E-state index in [0.29, 0.717) is 4.88 Å². The number of methoxy groups -OCH3 is 1. The number of nitrogens with one attached hydrogen (secondary N) is 2. The van der Waals surface area contributed by atoms with Crippen molar-refractivity contribution < 1.29 is 19.1 Å². The molecule has 7 nitrogen and oxygen atoms in total. The van der Waals surface area contributed by atoms with Gasteiger partial charge in [0.1, 0.15) is 0 Å². The number of carbonyl (C=O) groups excluding carboxylic acids is 3. The summed E-state index contributed by atoms with van der Waals surface area (Å²) in [6.07, 6.45) is 0. The van der Waals surface area contributed by atoms with Crippen molar-refractivity contribution in [2.75, 3.05) is 27.2 Å². The molecule has 0 aliphatic rings. The van der Waals surface area contributed by atoms with Crippen LogP contribution in [0.25, 0.3) is 0 Å². The SMILES string of the molecule is COC(=O)CN(C)CC(=O)NNC(=O)c1cccs1. The summed E-state index contributed by atoms with van der Waals surface area (Å²) in [6.45, 7) is -0.0252. The molecule has 0 spiro atoms. The van der Waals surface area contributed by atoms with Gasteiger partial charge in [0.2, 0.25) is 0 Å². The Morgan fingerprint density at radius 2 is 2.05 bits per heavy atom. The van der Waals surface area contributed by atoms with E-state index in [1.807, 2.05) is 0 Å². The van der Waals surface area contributed by atoms with E-state index in [-0.39, 0.29) is 19.0 Å². The average molecular weight is 285 g/mol. The van der Waals surface area contributed by atoms with Crippen LogP contribution in [0.2, 0.25) is 0 Å². The third-order valence-corrected chi connectivity index (χ3v) is 2.97. The van der Waals surface area contributed by atoms with Crippen LogP contribution in [-0.2, 0) is 14.3 Å². The van der Waals surface area contributed by atoms with Crippen LogP contribution in [0.3, 0.4) is 0 Å². The molecule has 0 fully saturated rings. The molecule has 0 aliphatic heterocycles. The largest absolute Gasteiger partial charge is 0.468 e. The van der Waals surface area contributed by atoms with Gasteiger partial charge in [0, 0.05) is 0 Å². The number of thiophene rings is 1. The predicted octanol–water partition coefficient (Wildman–Crippen LogP) is -0.386. The van der Waals surface area contributed by atoms with Crippen LogP contribution in [0.4, 0.5) is 0 Å². The van der Waals surface area contributed by atoms with Gasteiger partial charge >= 0.3 is 5.97 Å². The van der Waals surface area contributed by atoms with Crippen molar-refractivity contribution in [3.63, 3.8) is 0 Å². The van der Waals surface area contributed by atoms with Gasteiger partial charge in [-0.1, -0.05) is 6.07 Å². The van der Waals surface area contributed by atoms with Crippen LogP contribution in [0, 0.1) is 0 Å². The Bertz CT molecular complexity index is 447. The Morgan fingerprint density at radius 1 is 1.32 bits per heavy atom. The minimum Gasteiger partial charge on any atom is -0.468 e. The van der Waals surface area contributed by atoms with E-state index in [0.717, 1.165) is 0 Å². The molecule has 0 saturated heterocycles. The summed E-state index contributed by atoms with van der Waals surface area (Å²) in [7, 11) is 2.87. The van der Waals surface area contributed by atoms with Gasteiger partial charge < -0.3 is 4.74 Å². The van der Waals surface area contributed by atoms with Crippen molar-refractivity contribution in [2.45, 2.75) is 0 Å². The highest BCUT2D eigenvalue weighted by molar-refractivity contribution is 7.12. The normalized spacial score (nSPS) is 10.1. The zero-order chi connectivity index (χ0) is 14.3. The Labute approximate surface area is 114 Å². The number of hydrogen-bond acceptors (Lipinski definition) is 6. The fraction of sp³-hybridized carbons (Fsp3) is 0.364. The minimum absolute atomic E-state index is 0.00277. The lowest BCUT2D eigenvalue weighted by Gasteiger charge is -2.14. The van der Waals surface area contributed by atoms with E-state index >= 15 is 0 Å². The molecule has 0 radical (unpaired) electrons. The van der Waals surface area contributed by atoms with Gasteiger partial charge in [-0.15, -0.1) is 11.3 Å². The second-order valence-corrected chi connectivity index (χ2v) is 4.68. The Morgan fingerprint density at radius 3 is 2.63 bits per heavy atom. The van der Waals surface area contributed by atoms with E-state index < -0.39 is 11.9 Å². The third-order valence-electron chi connectivity index (χ3n) is 2.10. The smallest absolute Gasteiger partial charge is 0.319 e. The van der Waals surface area contributed by atoms with Crippen LogP contribution in [0.15, 0.2) is 17.5 Å². The van der Waals surface area contributed by atoms with Gasteiger partial charge in [-0.25, -0.2) is 0 Å². The van der Waals surface area contributed by atoms with Crippen molar-refractivity contribution in [1.82, 2.24) is 15.8 Å². The first-order chi connectivity index (χ1) is 9.02. The molecule has 0 aromatic carbocycles. The van der Waals surface area contributed by atoms with Gasteiger partial charge in [0.25, 0.3) is 11.8 Å². The summed E-state index contributed by atoms with van der Waals surface area (Å²) in [5.74, 6) is -1.23. The highest BCUT2D eigenvalue weighted by atomic mass is 32.1. The first kappa shape index (κ1) is 15.1. The van der Waals surface area contributed by atoms with Crippen LogP contribution in [0.1, 0.15) is 9.67 Å². The lowest BCUT2D eigenvalue weighted by atomic mass is 10.4. The lowest BCUT2D eigenvalue weighted by molar-refractivity contribution is -0.141. The van der Waals surface area contributed by atoms with Gasteiger partial charge in [-0.2, -0.15) is 0 Å². The molecule has 1 heterocycles. The second-order valence-electron chi connectivity index (χ2n) is 3.73. The molecule has 2 amide bonds. The van der Waals surface area contributed by atoms with Crippen LogP contribution in [-0.4, -0.2) is 49.9 Å². The van der Waals surface area contributed by atoms with Crippen molar-refractivity contribution in [3.05, 3.63) is 22.4 Å². The summed E-state index contributed by atoms with van der Waals surface area (Å²) in [5.41, 5.74) is 4.55. The molecule has 0 unspecified atom stereocenters. The second kappa shape index (κ2) is 7.49. The zero-order valence-corrected chi connectivity index (χ0v) is 11.5. The molecule has 1 aromatic heterocycles. The Balaban J connectivity index is 2.28. The summed E-state index contributed by atoms with van der Waals surface area (Å²) in [6, 6.07) is 3.39. The van der Waals surface area contributed by atoms with Gasteiger partial charge in [-0.3, -0.25) is 30.1 Å². The molecule has 19 heavy (non-hydrogen) atoms. The topological polar surface area (TPSA) is 87.7 Å². The standard InChI is InChI=1S/C11H15N3O4S/c1-14(7-10(16)18-2)6-9(15)12-13-11(17)8-4-3-5-19-8/h3-5H,6-7H2,1-2H3,(H,12,15)(H,13,17). The van der Waals surface area contributed by atoms with Crippen LogP contribution >= 0.6 is 11.3 Å². The van der Waals surface area contributed by atoms with Crippen molar-refractivity contribution in [2.24, 2.45) is 0 Å². The quantitative estimate of drug-likeness (QED) is 0.568. The van der Waals surface area contributed by atoms with E-state index in [1.54, 1.807) is 24.6 Å². The number of ether oxygens (including phenoxy) is 1. The number of rotatable bonds is 5. The molecule has 0 aliphatic carbocycles. The van der Waals surface area contributed by atoms with Gasteiger partial charge in [0.15, 0.2) is 0 Å². The van der Waals surface area contributed by atoms with Gasteiger partial charge in [-0.05, 0) is 18.5 Å². The first-order valence-corrected chi connectivity index (χ1v) is 6.29. The number of likely N-dealkylation sites (N-methyl/N-ethyl adjacent to an activating group) is 1. The highest BCUT2D eigenvalue weighted by Gasteiger charge is 2.12. The van der Waals surface area contributed by atoms with Crippen LogP contribution < -0.4 is 10.9 Å². The van der Waals surface area contributed by atoms with E-state index in [2.05, 4.69) is 15.6 Å². The first-order valence-electron chi connectivity index (χ1n) is 5.41. The van der Waals surface area contributed by atoms with Gasteiger partial charge in [0.05, 0.1) is 25.1 Å². The molecule has 2 N–H and O–H groups in total. The molecule has 1 aromatic rings. The number of amides is 2. The molecule has 8 heteroatoms. The van der Waals surface area contributed by atoms with Crippen molar-refractivity contribution in [1.29, 1.82) is 0 Å². The molecular formula is C11H15N3O4S. The minimum atomic E-state index is -0.432. The number of hydrogen-bond donors (Lipinski definition) is 2. The summed E-state index contributed by atoms with van der Waals surface area (Å²) in [4.78, 5) is 35.9. The van der Waals surface area contributed by atoms with Crippen molar-refractivity contribution in [3.8, 4) is 0 Å². The molecule has 104 valence electrons. The summed E-state index contributed by atoms with van der Waals surface area (Å²) >= 11 is 1.27. The molecule has 0 bridgehead atoms. The zero-order valence-electron chi connectivity index (χ0n) is 10.6.